The fourth-order valence-corrected chi connectivity index (χ4v) is 3.67. The van der Waals surface area contributed by atoms with E-state index in [2.05, 4.69) is 19.7 Å². The second kappa shape index (κ2) is 10.4. The molecule has 0 amide bonds. The van der Waals surface area contributed by atoms with Crippen LogP contribution >= 0.6 is 34.9 Å². The third kappa shape index (κ3) is 7.88. The summed E-state index contributed by atoms with van der Waals surface area (Å²) in [6.07, 6.45) is 6.18. The standard InChI is InChI=1S/C12H14N2O4S3/c1-17-9(15)5-3-7-19-11-13-14-12(21-11)20-8-4-6-10(16)18-2/h3-6H,7-8H2,1-2H3/b5-3-,6-4-. The molecular formula is C12H14N2O4S3. The molecule has 114 valence electrons. The Morgan fingerprint density at radius 2 is 1.43 bits per heavy atom. The van der Waals surface area contributed by atoms with Crippen LogP contribution in [-0.2, 0) is 19.1 Å². The Hall–Kier alpha value is -1.32. The summed E-state index contributed by atoms with van der Waals surface area (Å²) in [7, 11) is 2.67. The van der Waals surface area contributed by atoms with E-state index in [0.717, 1.165) is 8.68 Å². The third-order valence-electron chi connectivity index (χ3n) is 1.90. The third-order valence-corrected chi connectivity index (χ3v) is 5.00. The van der Waals surface area contributed by atoms with Crippen molar-refractivity contribution in [2.24, 2.45) is 0 Å². The Morgan fingerprint density at radius 3 is 1.81 bits per heavy atom. The van der Waals surface area contributed by atoms with E-state index in [1.54, 1.807) is 12.2 Å². The molecule has 0 spiro atoms. The number of carbonyl (C=O) groups excluding carboxylic acids is 2. The van der Waals surface area contributed by atoms with Crippen LogP contribution in [0.1, 0.15) is 0 Å². The van der Waals surface area contributed by atoms with Crippen molar-refractivity contribution in [1.29, 1.82) is 0 Å². The molecule has 21 heavy (non-hydrogen) atoms. The maximum absolute atomic E-state index is 10.9. The van der Waals surface area contributed by atoms with Crippen molar-refractivity contribution in [2.75, 3.05) is 25.7 Å². The van der Waals surface area contributed by atoms with Gasteiger partial charge in [-0.15, -0.1) is 10.2 Å². The molecule has 0 saturated heterocycles. The first-order valence-corrected chi connectivity index (χ1v) is 8.52. The van der Waals surface area contributed by atoms with Crippen molar-refractivity contribution in [3.63, 3.8) is 0 Å². The Kier molecular flexibility index (Phi) is 8.79. The highest BCUT2D eigenvalue weighted by molar-refractivity contribution is 8.03. The quantitative estimate of drug-likeness (QED) is 0.403. The van der Waals surface area contributed by atoms with E-state index in [-0.39, 0.29) is 11.9 Å². The molecule has 0 aliphatic rings. The molecule has 0 aliphatic carbocycles. The summed E-state index contributed by atoms with van der Waals surface area (Å²) in [5.41, 5.74) is 0. The van der Waals surface area contributed by atoms with Crippen LogP contribution in [0.25, 0.3) is 0 Å². The molecule has 6 nitrogen and oxygen atoms in total. The minimum atomic E-state index is -0.374. The molecule has 0 radical (unpaired) electrons. The van der Waals surface area contributed by atoms with Gasteiger partial charge in [0.05, 0.1) is 14.2 Å². The van der Waals surface area contributed by atoms with Gasteiger partial charge in [0.25, 0.3) is 0 Å². The number of nitrogens with zero attached hydrogens (tertiary/aromatic N) is 2. The van der Waals surface area contributed by atoms with E-state index in [1.165, 1.54) is 61.2 Å². The Bertz CT molecular complexity index is 484. The number of ether oxygens (including phenoxy) is 2. The van der Waals surface area contributed by atoms with Gasteiger partial charge in [0, 0.05) is 23.7 Å². The van der Waals surface area contributed by atoms with Crippen molar-refractivity contribution in [3.05, 3.63) is 24.3 Å². The zero-order chi connectivity index (χ0) is 15.5. The van der Waals surface area contributed by atoms with E-state index in [1.807, 2.05) is 0 Å². The van der Waals surface area contributed by atoms with Gasteiger partial charge in [0.2, 0.25) is 0 Å². The monoisotopic (exact) mass is 346 g/mol. The highest BCUT2D eigenvalue weighted by atomic mass is 32.2. The predicted octanol–water partition coefficient (Wildman–Crippen LogP) is 2.18. The van der Waals surface area contributed by atoms with E-state index >= 15 is 0 Å². The molecule has 0 N–H and O–H groups in total. The molecule has 0 saturated carbocycles. The van der Waals surface area contributed by atoms with Crippen LogP contribution in [0.15, 0.2) is 33.0 Å². The molecule has 1 aromatic heterocycles. The van der Waals surface area contributed by atoms with E-state index < -0.39 is 0 Å². The van der Waals surface area contributed by atoms with Gasteiger partial charge in [0.1, 0.15) is 0 Å². The van der Waals surface area contributed by atoms with Crippen LogP contribution in [0.4, 0.5) is 0 Å². The molecule has 1 rings (SSSR count). The second-order valence-corrected chi connectivity index (χ2v) is 6.82. The zero-order valence-corrected chi connectivity index (χ0v) is 13.9. The highest BCUT2D eigenvalue weighted by Gasteiger charge is 2.04. The predicted molar refractivity (Wildman–Crippen MR) is 83.7 cm³/mol. The average molecular weight is 346 g/mol. The lowest BCUT2D eigenvalue weighted by atomic mass is 10.5. The summed E-state index contributed by atoms with van der Waals surface area (Å²) in [6.45, 7) is 0. The molecule has 1 heterocycles. The maximum atomic E-state index is 10.9. The summed E-state index contributed by atoms with van der Waals surface area (Å²) in [5.74, 6) is 0.496. The van der Waals surface area contributed by atoms with Gasteiger partial charge in [-0.3, -0.25) is 0 Å². The first kappa shape index (κ1) is 17.7. The molecule has 0 aromatic carbocycles. The van der Waals surface area contributed by atoms with Gasteiger partial charge in [-0.2, -0.15) is 0 Å². The maximum Gasteiger partial charge on any atom is 0.330 e. The molecule has 9 heteroatoms. The molecule has 0 fully saturated rings. The van der Waals surface area contributed by atoms with E-state index in [9.17, 15) is 9.59 Å². The highest BCUT2D eigenvalue weighted by Crippen LogP contribution is 2.28. The Morgan fingerprint density at radius 1 is 1.00 bits per heavy atom. The van der Waals surface area contributed by atoms with Gasteiger partial charge in [0.15, 0.2) is 8.68 Å². The fraction of sp³-hybridized carbons (Fsp3) is 0.333. The SMILES string of the molecule is COC(=O)/C=C\CSc1nnc(SC/C=C\C(=O)OC)s1. The summed E-state index contributed by atoms with van der Waals surface area (Å²) < 4.78 is 10.6. The molecule has 0 atom stereocenters. The number of rotatable bonds is 8. The van der Waals surface area contributed by atoms with Gasteiger partial charge < -0.3 is 9.47 Å². The second-order valence-electron chi connectivity index (χ2n) is 3.31. The Balaban J connectivity index is 2.30. The van der Waals surface area contributed by atoms with Crippen molar-refractivity contribution in [3.8, 4) is 0 Å². The van der Waals surface area contributed by atoms with Crippen LogP contribution in [0, 0.1) is 0 Å². The van der Waals surface area contributed by atoms with Crippen LogP contribution in [0.3, 0.4) is 0 Å². The van der Waals surface area contributed by atoms with Crippen molar-refractivity contribution >= 4 is 46.8 Å². The first-order valence-electron chi connectivity index (χ1n) is 5.73. The molecule has 0 bridgehead atoms. The number of thioether (sulfide) groups is 2. The van der Waals surface area contributed by atoms with Crippen molar-refractivity contribution in [2.45, 2.75) is 8.68 Å². The summed E-state index contributed by atoms with van der Waals surface area (Å²) >= 11 is 4.44. The minimum absolute atomic E-state index is 0.374. The normalized spacial score (nSPS) is 11.1. The van der Waals surface area contributed by atoms with E-state index in [0.29, 0.717) is 11.5 Å². The van der Waals surface area contributed by atoms with Crippen LogP contribution in [-0.4, -0.2) is 47.9 Å². The van der Waals surface area contributed by atoms with E-state index in [4.69, 9.17) is 0 Å². The number of aromatic nitrogens is 2. The van der Waals surface area contributed by atoms with Crippen molar-refractivity contribution in [1.82, 2.24) is 10.2 Å². The summed E-state index contributed by atoms with van der Waals surface area (Å²) in [5, 5.41) is 8.06. The van der Waals surface area contributed by atoms with Gasteiger partial charge in [-0.25, -0.2) is 9.59 Å². The van der Waals surface area contributed by atoms with Crippen LogP contribution in [0.5, 0.6) is 0 Å². The van der Waals surface area contributed by atoms with Crippen LogP contribution < -0.4 is 0 Å². The lowest BCUT2D eigenvalue weighted by molar-refractivity contribution is -0.135. The first-order chi connectivity index (χ1) is 10.2. The number of esters is 2. The Labute approximate surface area is 135 Å². The summed E-state index contributed by atoms with van der Waals surface area (Å²) in [6, 6.07) is 0. The minimum Gasteiger partial charge on any atom is -0.466 e. The lowest BCUT2D eigenvalue weighted by Crippen LogP contribution is -1.93. The fourth-order valence-electron chi connectivity index (χ4n) is 0.977. The molecule has 1 aromatic rings. The number of hydrogen-bond donors (Lipinski definition) is 0. The lowest BCUT2D eigenvalue weighted by Gasteiger charge is -1.91. The van der Waals surface area contributed by atoms with Gasteiger partial charge in [-0.1, -0.05) is 47.0 Å². The molecule has 0 unspecified atom stereocenters. The van der Waals surface area contributed by atoms with Crippen molar-refractivity contribution < 1.29 is 19.1 Å². The number of hydrogen-bond acceptors (Lipinski definition) is 9. The largest absolute Gasteiger partial charge is 0.466 e. The smallest absolute Gasteiger partial charge is 0.330 e. The molecule has 0 aliphatic heterocycles. The van der Waals surface area contributed by atoms with Gasteiger partial charge in [-0.05, 0) is 0 Å². The van der Waals surface area contributed by atoms with Crippen LogP contribution in [0.2, 0.25) is 0 Å². The van der Waals surface area contributed by atoms with Gasteiger partial charge >= 0.3 is 11.9 Å². The zero-order valence-electron chi connectivity index (χ0n) is 11.5. The topological polar surface area (TPSA) is 78.4 Å². The number of carbonyl (C=O) groups is 2. The average Bonchev–Trinajstić information content (AvgIpc) is 2.95. The summed E-state index contributed by atoms with van der Waals surface area (Å²) in [4.78, 5) is 21.7. The number of methoxy groups -OCH3 is 2. The molecular weight excluding hydrogens is 332 g/mol.